The largest absolute Gasteiger partial charge is 0.489 e. The molecule has 1 aliphatic rings. The van der Waals surface area contributed by atoms with Gasteiger partial charge in [-0.15, -0.1) is 0 Å². The Balaban J connectivity index is 2.20. The minimum atomic E-state index is 0.238. The van der Waals surface area contributed by atoms with Crippen LogP contribution >= 0.6 is 0 Å². The Bertz CT molecular complexity index is 432. The third-order valence-corrected chi connectivity index (χ3v) is 2.72. The summed E-state index contributed by atoms with van der Waals surface area (Å²) < 4.78 is 5.53. The van der Waals surface area contributed by atoms with Crippen LogP contribution in [0.2, 0.25) is 0 Å². The van der Waals surface area contributed by atoms with Crippen LogP contribution in [0.1, 0.15) is 35.7 Å². The molecule has 0 N–H and O–H groups in total. The normalized spacial score (nSPS) is 14.4. The molecule has 84 valence electrons. The molecule has 1 aliphatic carbocycles. The summed E-state index contributed by atoms with van der Waals surface area (Å²) in [7, 11) is 0. The second-order valence-electron chi connectivity index (χ2n) is 4.34. The fourth-order valence-corrected chi connectivity index (χ4v) is 1.90. The molecule has 0 saturated heterocycles. The number of fused-ring (bicyclic) bond motifs is 1. The van der Waals surface area contributed by atoms with Crippen LogP contribution in [-0.4, -0.2) is 12.4 Å². The Morgan fingerprint density at radius 3 is 3.00 bits per heavy atom. The molecular weight excluding hydrogens is 200 g/mol. The van der Waals surface area contributed by atoms with E-state index >= 15 is 0 Å². The molecule has 0 atom stereocenters. The highest BCUT2D eigenvalue weighted by molar-refractivity contribution is 5.98. The van der Waals surface area contributed by atoms with Gasteiger partial charge < -0.3 is 4.74 Å². The number of Topliss-reactive ketones (excluding diaryl/α,β-unsaturated/α-hetero) is 1. The number of rotatable bonds is 3. The van der Waals surface area contributed by atoms with Crippen molar-refractivity contribution >= 4 is 5.78 Å². The van der Waals surface area contributed by atoms with Crippen molar-refractivity contribution in [1.82, 2.24) is 0 Å². The smallest absolute Gasteiger partial charge is 0.163 e. The minimum Gasteiger partial charge on any atom is -0.489 e. The third-order valence-electron chi connectivity index (χ3n) is 2.72. The van der Waals surface area contributed by atoms with Crippen LogP contribution in [-0.2, 0) is 6.42 Å². The second kappa shape index (κ2) is 4.52. The van der Waals surface area contributed by atoms with Gasteiger partial charge in [0.2, 0.25) is 0 Å². The zero-order chi connectivity index (χ0) is 11.5. The molecule has 2 nitrogen and oxygen atoms in total. The lowest BCUT2D eigenvalue weighted by Crippen LogP contribution is -2.11. The van der Waals surface area contributed by atoms with Gasteiger partial charge in [0.1, 0.15) is 12.4 Å². The highest BCUT2D eigenvalue weighted by atomic mass is 16.5. The third kappa shape index (κ3) is 2.32. The number of hydrogen-bond acceptors (Lipinski definition) is 2. The molecule has 0 bridgehead atoms. The van der Waals surface area contributed by atoms with Gasteiger partial charge in [-0.2, -0.15) is 0 Å². The molecule has 1 aromatic carbocycles. The first-order valence-corrected chi connectivity index (χ1v) is 5.60. The van der Waals surface area contributed by atoms with Gasteiger partial charge in [0, 0.05) is 12.0 Å². The van der Waals surface area contributed by atoms with Crippen LogP contribution in [0.25, 0.3) is 0 Å². The Labute approximate surface area is 95.9 Å². The summed E-state index contributed by atoms with van der Waals surface area (Å²) in [6.07, 6.45) is 2.64. The number of carbonyl (C=O) groups excluding carboxylic acids is 1. The van der Waals surface area contributed by atoms with E-state index in [2.05, 4.69) is 6.58 Å². The number of ketones is 1. The molecule has 0 fully saturated rings. The molecule has 0 aromatic heterocycles. The standard InChI is InChI=1S/C14H16O2/c1-10(2)9-16-12-7-6-11-4-3-5-14(15)13(11)8-12/h6-8H,1,3-5,9H2,2H3. The monoisotopic (exact) mass is 216 g/mol. The minimum absolute atomic E-state index is 0.238. The van der Waals surface area contributed by atoms with E-state index in [0.29, 0.717) is 13.0 Å². The van der Waals surface area contributed by atoms with Gasteiger partial charge in [0.05, 0.1) is 0 Å². The molecule has 0 spiro atoms. The zero-order valence-corrected chi connectivity index (χ0v) is 9.58. The quantitative estimate of drug-likeness (QED) is 0.725. The van der Waals surface area contributed by atoms with Gasteiger partial charge in [-0.3, -0.25) is 4.79 Å². The molecule has 0 radical (unpaired) electrons. The predicted octanol–water partition coefficient (Wildman–Crippen LogP) is 3.16. The van der Waals surface area contributed by atoms with Gasteiger partial charge >= 0.3 is 0 Å². The average molecular weight is 216 g/mol. The fourth-order valence-electron chi connectivity index (χ4n) is 1.90. The maximum Gasteiger partial charge on any atom is 0.163 e. The number of ether oxygens (including phenoxy) is 1. The first kappa shape index (κ1) is 10.9. The first-order valence-electron chi connectivity index (χ1n) is 5.60. The van der Waals surface area contributed by atoms with Gasteiger partial charge in [0.15, 0.2) is 5.78 Å². The van der Waals surface area contributed by atoms with E-state index in [-0.39, 0.29) is 5.78 Å². The molecule has 0 heterocycles. The van der Waals surface area contributed by atoms with Crippen molar-refractivity contribution in [3.63, 3.8) is 0 Å². The van der Waals surface area contributed by atoms with Crippen LogP contribution in [0.4, 0.5) is 0 Å². The molecular formula is C14H16O2. The fraction of sp³-hybridized carbons (Fsp3) is 0.357. The topological polar surface area (TPSA) is 26.3 Å². The van der Waals surface area contributed by atoms with Crippen LogP contribution < -0.4 is 4.74 Å². The number of aryl methyl sites for hydroxylation is 1. The number of carbonyl (C=O) groups is 1. The molecule has 16 heavy (non-hydrogen) atoms. The van der Waals surface area contributed by atoms with Crippen LogP contribution in [0.15, 0.2) is 30.4 Å². The van der Waals surface area contributed by atoms with Crippen molar-refractivity contribution < 1.29 is 9.53 Å². The highest BCUT2D eigenvalue weighted by Crippen LogP contribution is 2.25. The van der Waals surface area contributed by atoms with Gasteiger partial charge in [-0.1, -0.05) is 12.6 Å². The highest BCUT2D eigenvalue weighted by Gasteiger charge is 2.17. The van der Waals surface area contributed by atoms with Gasteiger partial charge in [0.25, 0.3) is 0 Å². The zero-order valence-electron chi connectivity index (χ0n) is 9.58. The van der Waals surface area contributed by atoms with Crippen LogP contribution in [0.3, 0.4) is 0 Å². The maximum atomic E-state index is 11.7. The average Bonchev–Trinajstić information content (AvgIpc) is 2.27. The summed E-state index contributed by atoms with van der Waals surface area (Å²) >= 11 is 0. The number of benzene rings is 1. The molecule has 1 aromatic rings. The van der Waals surface area contributed by atoms with Gasteiger partial charge in [-0.25, -0.2) is 0 Å². The van der Waals surface area contributed by atoms with Crippen molar-refractivity contribution in [2.45, 2.75) is 26.2 Å². The molecule has 0 unspecified atom stereocenters. The van der Waals surface area contributed by atoms with Gasteiger partial charge in [-0.05, 0) is 43.0 Å². The maximum absolute atomic E-state index is 11.7. The summed E-state index contributed by atoms with van der Waals surface area (Å²) in [6.45, 7) is 6.21. The molecule has 0 aliphatic heterocycles. The van der Waals surface area contributed by atoms with Crippen LogP contribution in [0, 0.1) is 0 Å². The van der Waals surface area contributed by atoms with E-state index in [1.54, 1.807) is 0 Å². The Morgan fingerprint density at radius 1 is 1.44 bits per heavy atom. The van der Waals surface area contributed by atoms with Crippen molar-refractivity contribution in [2.24, 2.45) is 0 Å². The van der Waals surface area contributed by atoms with Crippen molar-refractivity contribution in [3.05, 3.63) is 41.5 Å². The summed E-state index contributed by atoms with van der Waals surface area (Å²) in [5.41, 5.74) is 2.97. The van der Waals surface area contributed by atoms with Crippen LogP contribution in [0.5, 0.6) is 5.75 Å². The molecule has 2 heteroatoms. The van der Waals surface area contributed by atoms with E-state index in [4.69, 9.17) is 4.74 Å². The second-order valence-corrected chi connectivity index (χ2v) is 4.34. The lowest BCUT2D eigenvalue weighted by molar-refractivity contribution is 0.0972. The Kier molecular flexibility index (Phi) is 3.09. The van der Waals surface area contributed by atoms with E-state index in [9.17, 15) is 4.79 Å². The lowest BCUT2D eigenvalue weighted by atomic mass is 9.90. The van der Waals surface area contributed by atoms with E-state index in [1.165, 1.54) is 0 Å². The van der Waals surface area contributed by atoms with Crippen molar-refractivity contribution in [3.8, 4) is 5.75 Å². The summed E-state index contributed by atoms with van der Waals surface area (Å²) in [6, 6.07) is 5.79. The SMILES string of the molecule is C=C(C)COc1ccc2c(c1)C(=O)CCC2. The summed E-state index contributed by atoms with van der Waals surface area (Å²) in [5, 5.41) is 0. The molecule has 2 rings (SSSR count). The Morgan fingerprint density at radius 2 is 2.25 bits per heavy atom. The summed E-state index contributed by atoms with van der Waals surface area (Å²) in [4.78, 5) is 11.7. The summed E-state index contributed by atoms with van der Waals surface area (Å²) in [5.74, 6) is 0.999. The Hall–Kier alpha value is -1.57. The lowest BCUT2D eigenvalue weighted by Gasteiger charge is -2.15. The van der Waals surface area contributed by atoms with E-state index < -0.39 is 0 Å². The molecule has 0 saturated carbocycles. The predicted molar refractivity (Wildman–Crippen MR) is 64.0 cm³/mol. The number of hydrogen-bond donors (Lipinski definition) is 0. The first-order chi connectivity index (χ1) is 7.66. The molecule has 0 amide bonds. The van der Waals surface area contributed by atoms with Crippen molar-refractivity contribution in [2.75, 3.05) is 6.61 Å². The van der Waals surface area contributed by atoms with E-state index in [1.807, 2.05) is 25.1 Å². The van der Waals surface area contributed by atoms with E-state index in [0.717, 1.165) is 35.3 Å². The van der Waals surface area contributed by atoms with Crippen molar-refractivity contribution in [1.29, 1.82) is 0 Å².